The number of methoxy groups -OCH3 is 1. The lowest BCUT2D eigenvalue weighted by atomic mass is 9.80. The number of aliphatic imine (C=N–C) groups is 1. The first-order valence-electron chi connectivity index (χ1n) is 10.6. The predicted octanol–water partition coefficient (Wildman–Crippen LogP) is 2.67. The molecule has 3 rings (SSSR count). The highest BCUT2D eigenvalue weighted by Crippen LogP contribution is 2.35. The predicted molar refractivity (Wildman–Crippen MR) is 112 cm³/mol. The summed E-state index contributed by atoms with van der Waals surface area (Å²) in [5.74, 6) is 4.35. The molecule has 0 bridgehead atoms. The molecule has 1 unspecified atom stereocenters. The Hall–Kier alpha value is -0.460. The maximum Gasteiger partial charge on any atom is 0.193 e. The summed E-state index contributed by atoms with van der Waals surface area (Å²) in [6.07, 6.45) is 8.01. The second-order valence-electron chi connectivity index (χ2n) is 8.11. The number of ether oxygens (including phenoxy) is 1. The molecule has 0 radical (unpaired) electrons. The van der Waals surface area contributed by atoms with Gasteiger partial charge >= 0.3 is 0 Å². The maximum absolute atomic E-state index is 5.37. The minimum atomic E-state index is 0.311. The summed E-state index contributed by atoms with van der Waals surface area (Å²) >= 11 is 2.11. The third-order valence-corrected chi connectivity index (χ3v) is 7.25. The zero-order valence-corrected chi connectivity index (χ0v) is 17.7. The molecule has 1 aliphatic carbocycles. The Morgan fingerprint density at radius 3 is 2.65 bits per heavy atom. The van der Waals surface area contributed by atoms with Crippen LogP contribution in [-0.2, 0) is 4.74 Å². The van der Waals surface area contributed by atoms with Gasteiger partial charge in [0.2, 0.25) is 0 Å². The van der Waals surface area contributed by atoms with Gasteiger partial charge in [-0.3, -0.25) is 9.89 Å². The molecular formula is C20H38N4OS. The van der Waals surface area contributed by atoms with E-state index in [2.05, 4.69) is 33.8 Å². The van der Waals surface area contributed by atoms with E-state index in [0.29, 0.717) is 11.5 Å². The van der Waals surface area contributed by atoms with Crippen molar-refractivity contribution < 1.29 is 4.74 Å². The number of guanidine groups is 1. The van der Waals surface area contributed by atoms with E-state index < -0.39 is 0 Å². The third-order valence-electron chi connectivity index (χ3n) is 6.31. The summed E-state index contributed by atoms with van der Waals surface area (Å²) in [5, 5.41) is 3.56. The fourth-order valence-electron chi connectivity index (χ4n) is 4.87. The second kappa shape index (κ2) is 10.2. The van der Waals surface area contributed by atoms with Gasteiger partial charge in [0.05, 0.1) is 13.2 Å². The van der Waals surface area contributed by atoms with Crippen molar-refractivity contribution in [2.24, 2.45) is 10.9 Å². The highest BCUT2D eigenvalue weighted by Gasteiger charge is 2.38. The Morgan fingerprint density at radius 1 is 1.19 bits per heavy atom. The van der Waals surface area contributed by atoms with Crippen LogP contribution in [0.5, 0.6) is 0 Å². The van der Waals surface area contributed by atoms with E-state index in [9.17, 15) is 0 Å². The van der Waals surface area contributed by atoms with E-state index in [1.54, 1.807) is 0 Å². The van der Waals surface area contributed by atoms with Gasteiger partial charge in [0.1, 0.15) is 0 Å². The molecular weight excluding hydrogens is 344 g/mol. The van der Waals surface area contributed by atoms with Gasteiger partial charge < -0.3 is 15.0 Å². The monoisotopic (exact) mass is 382 g/mol. The van der Waals surface area contributed by atoms with Crippen LogP contribution in [0.25, 0.3) is 0 Å². The Morgan fingerprint density at radius 2 is 1.96 bits per heavy atom. The van der Waals surface area contributed by atoms with Crippen molar-refractivity contribution in [1.82, 2.24) is 15.1 Å². The first kappa shape index (κ1) is 20.3. The van der Waals surface area contributed by atoms with E-state index in [0.717, 1.165) is 38.7 Å². The lowest BCUT2D eigenvalue weighted by Crippen LogP contribution is -2.55. The Kier molecular flexibility index (Phi) is 7.94. The summed E-state index contributed by atoms with van der Waals surface area (Å²) in [4.78, 5) is 10.4. The zero-order valence-electron chi connectivity index (χ0n) is 16.8. The molecule has 26 heavy (non-hydrogen) atoms. The van der Waals surface area contributed by atoms with Gasteiger partial charge in [0.15, 0.2) is 5.96 Å². The first-order chi connectivity index (χ1) is 12.8. The van der Waals surface area contributed by atoms with Gasteiger partial charge in [-0.2, -0.15) is 11.8 Å². The van der Waals surface area contributed by atoms with Crippen molar-refractivity contribution in [2.45, 2.75) is 51.0 Å². The summed E-state index contributed by atoms with van der Waals surface area (Å²) in [6, 6.07) is 0. The van der Waals surface area contributed by atoms with Gasteiger partial charge in [-0.25, -0.2) is 0 Å². The highest BCUT2D eigenvalue weighted by molar-refractivity contribution is 7.99. The average molecular weight is 383 g/mol. The van der Waals surface area contributed by atoms with Crippen molar-refractivity contribution in [3.8, 4) is 0 Å². The normalized spacial score (nSPS) is 27.7. The van der Waals surface area contributed by atoms with Crippen LogP contribution in [0, 0.1) is 5.92 Å². The van der Waals surface area contributed by atoms with E-state index in [4.69, 9.17) is 9.73 Å². The molecule has 1 N–H and O–H groups in total. The van der Waals surface area contributed by atoms with Crippen LogP contribution >= 0.6 is 11.8 Å². The minimum absolute atomic E-state index is 0.311. The summed E-state index contributed by atoms with van der Waals surface area (Å²) in [5.41, 5.74) is 0.311. The maximum atomic E-state index is 5.37. The number of thioether (sulfide) groups is 1. The number of likely N-dealkylation sites (tertiary alicyclic amines) is 1. The number of hydrogen-bond donors (Lipinski definition) is 1. The molecule has 2 saturated heterocycles. The van der Waals surface area contributed by atoms with Crippen molar-refractivity contribution in [3.63, 3.8) is 0 Å². The molecule has 3 fully saturated rings. The lowest BCUT2D eigenvalue weighted by Gasteiger charge is -2.47. The van der Waals surface area contributed by atoms with Gasteiger partial charge in [0.25, 0.3) is 0 Å². The summed E-state index contributed by atoms with van der Waals surface area (Å²) < 4.78 is 5.37. The van der Waals surface area contributed by atoms with E-state index in [1.165, 1.54) is 63.1 Å². The molecule has 0 aromatic rings. The van der Waals surface area contributed by atoms with Crippen molar-refractivity contribution >= 4 is 17.7 Å². The zero-order chi connectivity index (χ0) is 18.2. The molecule has 0 aromatic carbocycles. The molecule has 5 nitrogen and oxygen atoms in total. The lowest BCUT2D eigenvalue weighted by molar-refractivity contribution is 0.0669. The standard InChI is InChI=1S/C20H38N4OS/c1-3-21-19(23-10-7-18(15-23)16-25-2)22-17-20(8-5-4-6-9-20)24-11-13-26-14-12-24/h18H,3-17H2,1-2H3,(H,21,22). The van der Waals surface area contributed by atoms with Gasteiger partial charge in [-0.05, 0) is 26.2 Å². The largest absolute Gasteiger partial charge is 0.384 e. The number of nitrogens with one attached hydrogen (secondary N) is 1. The van der Waals surface area contributed by atoms with Gasteiger partial charge in [-0.15, -0.1) is 0 Å². The minimum Gasteiger partial charge on any atom is -0.384 e. The van der Waals surface area contributed by atoms with Crippen LogP contribution in [-0.4, -0.2) is 85.8 Å². The fourth-order valence-corrected chi connectivity index (χ4v) is 5.77. The Labute approximate surface area is 164 Å². The van der Waals surface area contributed by atoms with Crippen molar-refractivity contribution in [1.29, 1.82) is 0 Å². The SMILES string of the molecule is CCNC(=NCC1(N2CCSCC2)CCCCC1)N1CCC(COC)C1. The van der Waals surface area contributed by atoms with Crippen LogP contribution < -0.4 is 5.32 Å². The molecule has 0 spiro atoms. The smallest absolute Gasteiger partial charge is 0.193 e. The topological polar surface area (TPSA) is 40.1 Å². The Balaban J connectivity index is 1.69. The first-order valence-corrected chi connectivity index (χ1v) is 11.8. The van der Waals surface area contributed by atoms with Crippen LogP contribution in [0.3, 0.4) is 0 Å². The van der Waals surface area contributed by atoms with E-state index in [-0.39, 0.29) is 0 Å². The second-order valence-corrected chi connectivity index (χ2v) is 9.34. The molecule has 6 heteroatoms. The van der Waals surface area contributed by atoms with Crippen molar-refractivity contribution in [2.75, 3.05) is 64.5 Å². The molecule has 1 saturated carbocycles. The Bertz CT molecular complexity index is 447. The van der Waals surface area contributed by atoms with Gasteiger partial charge in [-0.1, -0.05) is 19.3 Å². The van der Waals surface area contributed by atoms with Gasteiger partial charge in [0, 0.05) is 62.8 Å². The number of rotatable bonds is 6. The molecule has 2 heterocycles. The van der Waals surface area contributed by atoms with Crippen LogP contribution in [0.4, 0.5) is 0 Å². The number of nitrogens with zero attached hydrogens (tertiary/aromatic N) is 3. The van der Waals surface area contributed by atoms with E-state index in [1.807, 2.05) is 7.11 Å². The molecule has 2 aliphatic heterocycles. The van der Waals surface area contributed by atoms with Crippen molar-refractivity contribution in [3.05, 3.63) is 0 Å². The molecule has 3 aliphatic rings. The summed E-state index contributed by atoms with van der Waals surface area (Å²) in [6.45, 7) is 9.62. The third kappa shape index (κ3) is 5.08. The van der Waals surface area contributed by atoms with Crippen LogP contribution in [0.15, 0.2) is 4.99 Å². The quantitative estimate of drug-likeness (QED) is 0.565. The van der Waals surface area contributed by atoms with E-state index >= 15 is 0 Å². The summed E-state index contributed by atoms with van der Waals surface area (Å²) in [7, 11) is 1.81. The fraction of sp³-hybridized carbons (Fsp3) is 0.950. The molecule has 0 amide bonds. The van der Waals surface area contributed by atoms with Crippen LogP contribution in [0.2, 0.25) is 0 Å². The highest BCUT2D eigenvalue weighted by atomic mass is 32.2. The molecule has 0 aromatic heterocycles. The molecule has 150 valence electrons. The molecule has 1 atom stereocenters. The number of hydrogen-bond acceptors (Lipinski definition) is 4. The van der Waals surface area contributed by atoms with Crippen LogP contribution in [0.1, 0.15) is 45.4 Å². The average Bonchev–Trinajstić information content (AvgIpc) is 3.15.